The van der Waals surface area contributed by atoms with E-state index in [9.17, 15) is 29.1 Å². The van der Waals surface area contributed by atoms with Gasteiger partial charge in [-0.25, -0.2) is 9.48 Å². The fraction of sp³-hybridized carbons (Fsp3) is 0.308. The third-order valence-electron chi connectivity index (χ3n) is 6.74. The molecule has 1 fully saturated rings. The Kier molecular flexibility index (Phi) is 9.26. The number of carboxylic acid groups (broad SMARTS) is 1. The van der Waals surface area contributed by atoms with Crippen LogP contribution in [0.4, 0.5) is 0 Å². The summed E-state index contributed by atoms with van der Waals surface area (Å²) in [5.74, 6) is -2.86. The number of H-pyrrole nitrogens is 1. The van der Waals surface area contributed by atoms with Crippen molar-refractivity contribution in [1.29, 1.82) is 0 Å². The first-order valence-electron chi connectivity index (χ1n) is 13.0. The number of rotatable bonds is 11. The van der Waals surface area contributed by atoms with E-state index in [2.05, 4.69) is 31.1 Å². The third kappa shape index (κ3) is 6.29. The standard InChI is InChI=1S/C26H25ClN8O7S2/c1-12-17(27)21(37)15(8-28-12)42-9-16(36)29-18(13-6-4-3-5-7-13)22(38)30-19-23(39)35-20(25(40)41)14(10-43-24(19)35)11-44-26-31-32-33-34(26)2/h3-8,18-19,24H,9-11H2,1-2H3,(H,28,37)(H,29,36)(H,30,38)(H,40,41)/t18?,19?,24-/m0/s1. The fourth-order valence-corrected chi connectivity index (χ4v) is 6.99. The van der Waals surface area contributed by atoms with E-state index in [1.165, 1.54) is 39.3 Å². The van der Waals surface area contributed by atoms with Gasteiger partial charge in [-0.05, 0) is 28.5 Å². The molecular formula is C26H25ClN8O7S2. The number of carbonyl (C=O) groups is 4. The average molecular weight is 661 g/mol. The van der Waals surface area contributed by atoms with Crippen molar-refractivity contribution < 1.29 is 29.0 Å². The van der Waals surface area contributed by atoms with Gasteiger partial charge in [0.25, 0.3) is 11.8 Å². The quantitative estimate of drug-likeness (QED) is 0.165. The Hall–Kier alpha value is -4.35. The summed E-state index contributed by atoms with van der Waals surface area (Å²) in [6.07, 6.45) is 1.28. The summed E-state index contributed by atoms with van der Waals surface area (Å²) in [5, 5.41) is 26.2. The van der Waals surface area contributed by atoms with Gasteiger partial charge in [0.2, 0.25) is 16.5 Å². The van der Waals surface area contributed by atoms with Crippen molar-refractivity contribution in [3.63, 3.8) is 0 Å². The van der Waals surface area contributed by atoms with Crippen LogP contribution in [0.2, 0.25) is 5.02 Å². The van der Waals surface area contributed by atoms with Gasteiger partial charge in [-0.3, -0.25) is 24.1 Å². The number of hydrogen-bond donors (Lipinski definition) is 4. The number of aliphatic carboxylic acids is 1. The maximum atomic E-state index is 13.5. The molecule has 0 saturated carbocycles. The molecule has 230 valence electrons. The van der Waals surface area contributed by atoms with Crippen molar-refractivity contribution in [2.24, 2.45) is 7.05 Å². The zero-order chi connectivity index (χ0) is 31.5. The molecule has 18 heteroatoms. The van der Waals surface area contributed by atoms with Crippen LogP contribution in [0.25, 0.3) is 0 Å². The van der Waals surface area contributed by atoms with Gasteiger partial charge in [0.05, 0.1) is 0 Å². The second-order valence-electron chi connectivity index (χ2n) is 9.65. The molecule has 1 aromatic carbocycles. The molecule has 3 atom stereocenters. The van der Waals surface area contributed by atoms with E-state index in [4.69, 9.17) is 16.3 Å². The Balaban J connectivity index is 1.27. The number of tetrazole rings is 1. The monoisotopic (exact) mass is 660 g/mol. The molecule has 0 bridgehead atoms. The zero-order valence-corrected chi connectivity index (χ0v) is 25.5. The van der Waals surface area contributed by atoms with Crippen molar-refractivity contribution >= 4 is 58.8 Å². The number of nitrogens with zero attached hydrogens (tertiary/aromatic N) is 5. The van der Waals surface area contributed by atoms with Crippen molar-refractivity contribution in [1.82, 2.24) is 40.7 Å². The number of β-lactam (4-membered cyclic amide) rings is 1. The Morgan fingerprint density at radius 3 is 2.70 bits per heavy atom. The van der Waals surface area contributed by atoms with Crippen molar-refractivity contribution in [3.8, 4) is 5.75 Å². The molecule has 4 heterocycles. The molecule has 0 spiro atoms. The Labute approximate surface area is 262 Å². The second kappa shape index (κ2) is 13.1. The maximum absolute atomic E-state index is 13.5. The Morgan fingerprint density at radius 2 is 2.02 bits per heavy atom. The average Bonchev–Trinajstić information content (AvgIpc) is 3.43. The summed E-state index contributed by atoms with van der Waals surface area (Å²) in [6.45, 7) is 1.02. The predicted octanol–water partition coefficient (Wildman–Crippen LogP) is 0.627. The number of thioether (sulfide) groups is 2. The Bertz CT molecular complexity index is 1710. The van der Waals surface area contributed by atoms with Crippen LogP contribution < -0.4 is 20.8 Å². The minimum atomic E-state index is -1.26. The highest BCUT2D eigenvalue weighted by Crippen LogP contribution is 2.41. The van der Waals surface area contributed by atoms with Gasteiger partial charge in [-0.2, -0.15) is 0 Å². The van der Waals surface area contributed by atoms with Crippen LogP contribution in [0.5, 0.6) is 5.75 Å². The molecule has 5 rings (SSSR count). The molecule has 2 aliphatic heterocycles. The largest absolute Gasteiger partial charge is 0.478 e. The number of aromatic nitrogens is 5. The Morgan fingerprint density at radius 1 is 1.27 bits per heavy atom. The summed E-state index contributed by atoms with van der Waals surface area (Å²) in [6, 6.07) is 6.11. The van der Waals surface area contributed by atoms with E-state index >= 15 is 0 Å². The molecule has 3 aromatic rings. The van der Waals surface area contributed by atoms with E-state index in [0.29, 0.717) is 27.7 Å². The van der Waals surface area contributed by atoms with Crippen molar-refractivity contribution in [3.05, 3.63) is 74.3 Å². The molecule has 4 N–H and O–H groups in total. The number of carbonyl (C=O) groups excluding carboxylic acids is 3. The minimum Gasteiger partial charge on any atom is -0.478 e. The lowest BCUT2D eigenvalue weighted by atomic mass is 10.0. The number of fused-ring (bicyclic) bond motifs is 1. The van der Waals surface area contributed by atoms with E-state index in [0.717, 1.165) is 0 Å². The number of aromatic amines is 1. The lowest BCUT2D eigenvalue weighted by molar-refractivity contribution is -0.151. The second-order valence-corrected chi connectivity index (χ2v) is 12.1. The third-order valence-corrected chi connectivity index (χ3v) is 9.63. The molecule has 2 unspecified atom stereocenters. The number of halogens is 1. The van der Waals surface area contributed by atoms with Crippen molar-refractivity contribution in [2.45, 2.75) is 29.5 Å². The van der Waals surface area contributed by atoms with Crippen LogP contribution in [0.3, 0.4) is 0 Å². The normalized spacial score (nSPS) is 18.2. The molecule has 1 saturated heterocycles. The molecular weight excluding hydrogens is 636 g/mol. The topological polar surface area (TPSA) is 201 Å². The minimum absolute atomic E-state index is 0.0706. The summed E-state index contributed by atoms with van der Waals surface area (Å²) < 4.78 is 6.79. The molecule has 2 aliphatic rings. The van der Waals surface area contributed by atoms with Gasteiger partial charge in [0.15, 0.2) is 12.4 Å². The first kappa shape index (κ1) is 31.1. The fourth-order valence-electron chi connectivity index (χ4n) is 4.51. The van der Waals surface area contributed by atoms with Crippen LogP contribution >= 0.6 is 35.1 Å². The molecule has 3 amide bonds. The van der Waals surface area contributed by atoms with Crippen molar-refractivity contribution in [2.75, 3.05) is 18.1 Å². The zero-order valence-electron chi connectivity index (χ0n) is 23.1. The van der Waals surface area contributed by atoms with Crippen LogP contribution in [0.15, 0.2) is 57.7 Å². The number of nitrogens with one attached hydrogen (secondary N) is 3. The first-order valence-corrected chi connectivity index (χ1v) is 15.4. The number of benzene rings is 1. The predicted molar refractivity (Wildman–Crippen MR) is 159 cm³/mol. The molecule has 0 aliphatic carbocycles. The molecule has 44 heavy (non-hydrogen) atoms. The lowest BCUT2D eigenvalue weighted by Gasteiger charge is -2.49. The smallest absolute Gasteiger partial charge is 0.352 e. The first-order chi connectivity index (χ1) is 21.1. The van der Waals surface area contributed by atoms with E-state index < -0.39 is 53.2 Å². The van der Waals surface area contributed by atoms with Gasteiger partial charge in [0, 0.05) is 30.4 Å². The highest BCUT2D eigenvalue weighted by atomic mass is 35.5. The van der Waals surface area contributed by atoms with E-state index in [1.807, 2.05) is 0 Å². The maximum Gasteiger partial charge on any atom is 0.352 e. The molecule has 15 nitrogen and oxygen atoms in total. The summed E-state index contributed by atoms with van der Waals surface area (Å²) in [7, 11) is 1.66. The highest BCUT2D eigenvalue weighted by molar-refractivity contribution is 8.01. The van der Waals surface area contributed by atoms with Gasteiger partial charge in [-0.1, -0.05) is 53.7 Å². The molecule has 0 radical (unpaired) electrons. The summed E-state index contributed by atoms with van der Waals surface area (Å²) >= 11 is 8.51. The van der Waals surface area contributed by atoms with Crippen LogP contribution in [-0.2, 0) is 26.2 Å². The van der Waals surface area contributed by atoms with Gasteiger partial charge >= 0.3 is 5.97 Å². The number of carboxylic acids is 1. The van der Waals surface area contributed by atoms with Gasteiger partial charge in [0.1, 0.15) is 28.2 Å². The van der Waals surface area contributed by atoms with Gasteiger partial charge < -0.3 is 25.5 Å². The number of ether oxygens (including phenoxy) is 1. The summed E-state index contributed by atoms with van der Waals surface area (Å²) in [4.78, 5) is 67.9. The van der Waals surface area contributed by atoms with E-state index in [-0.39, 0.29) is 22.2 Å². The number of aryl methyl sites for hydroxylation is 2. The SMILES string of the molecule is Cc1[nH]cc(OCC(=O)NC(C(=O)NC2C(=O)N3C(C(=O)O)=C(CSc4nnnn4C)CS[C@@H]23)c2ccccc2)c(=O)c1Cl. The number of amides is 3. The van der Waals surface area contributed by atoms with Crippen LogP contribution in [0.1, 0.15) is 17.3 Å². The summed E-state index contributed by atoms with van der Waals surface area (Å²) in [5.41, 5.74) is 0.665. The van der Waals surface area contributed by atoms with E-state index in [1.54, 1.807) is 44.3 Å². The lowest BCUT2D eigenvalue weighted by Crippen LogP contribution is -2.71. The van der Waals surface area contributed by atoms with Crippen LogP contribution in [0, 0.1) is 6.92 Å². The number of pyridine rings is 1. The highest BCUT2D eigenvalue weighted by Gasteiger charge is 2.54. The van der Waals surface area contributed by atoms with Gasteiger partial charge in [-0.15, -0.1) is 16.9 Å². The van der Waals surface area contributed by atoms with Crippen LogP contribution in [-0.4, -0.2) is 88.4 Å². The molecule has 2 aromatic heterocycles. The number of hydrogen-bond acceptors (Lipinski definition) is 11.